The Hall–Kier alpha value is -1.39. The maximum atomic E-state index is 11.1. The molecule has 0 aliphatic carbocycles. The van der Waals surface area contributed by atoms with Crippen LogP contribution < -0.4 is 5.73 Å². The zero-order chi connectivity index (χ0) is 17.1. The molecule has 0 saturated carbocycles. The van der Waals surface area contributed by atoms with Gasteiger partial charge < -0.3 is 15.9 Å². The van der Waals surface area contributed by atoms with Crippen molar-refractivity contribution in [3.63, 3.8) is 0 Å². The Kier molecular flexibility index (Phi) is 8.89. The molecule has 0 heterocycles. The first-order chi connectivity index (χ1) is 11.0. The topological polar surface area (TPSA) is 83.5 Å². The molecule has 0 unspecified atom stereocenters. The molecule has 130 valence electrons. The van der Waals surface area contributed by atoms with Crippen molar-refractivity contribution >= 4 is 5.97 Å². The van der Waals surface area contributed by atoms with E-state index in [4.69, 9.17) is 15.9 Å². The fourth-order valence-corrected chi connectivity index (χ4v) is 2.60. The molecular formula is C19H31NO3. The molecular weight excluding hydrogens is 290 g/mol. The summed E-state index contributed by atoms with van der Waals surface area (Å²) in [6.45, 7) is 1.69. The minimum absolute atomic E-state index is 0.232. The minimum atomic E-state index is -1.54. The SMILES string of the molecule is CCCCCCCCc1ccc(CC[C@](N)(CO)C(=O)O)cc1. The van der Waals surface area contributed by atoms with E-state index in [1.165, 1.54) is 44.1 Å². The smallest absolute Gasteiger partial charge is 0.326 e. The van der Waals surface area contributed by atoms with E-state index >= 15 is 0 Å². The Morgan fingerprint density at radius 1 is 1.00 bits per heavy atom. The molecule has 0 amide bonds. The van der Waals surface area contributed by atoms with Gasteiger partial charge >= 0.3 is 5.97 Å². The Morgan fingerprint density at radius 3 is 2.04 bits per heavy atom. The van der Waals surface area contributed by atoms with Crippen molar-refractivity contribution in [3.05, 3.63) is 35.4 Å². The summed E-state index contributed by atoms with van der Waals surface area (Å²) < 4.78 is 0. The molecule has 0 fully saturated rings. The van der Waals surface area contributed by atoms with Crippen LogP contribution in [-0.2, 0) is 17.6 Å². The number of carboxylic acids is 1. The van der Waals surface area contributed by atoms with Crippen molar-refractivity contribution in [1.82, 2.24) is 0 Å². The number of aryl methyl sites for hydroxylation is 2. The number of aliphatic carboxylic acids is 1. The maximum Gasteiger partial charge on any atom is 0.326 e. The van der Waals surface area contributed by atoms with Crippen LogP contribution in [0.4, 0.5) is 0 Å². The Balaban J connectivity index is 2.34. The summed E-state index contributed by atoms with van der Waals surface area (Å²) in [7, 11) is 0. The summed E-state index contributed by atoms with van der Waals surface area (Å²) in [4.78, 5) is 11.1. The first kappa shape index (κ1) is 19.7. The fraction of sp³-hybridized carbons (Fsp3) is 0.632. The molecule has 0 spiro atoms. The number of nitrogens with two attached hydrogens (primary N) is 1. The molecule has 0 radical (unpaired) electrons. The standard InChI is InChI=1S/C19H31NO3/c1-2-3-4-5-6-7-8-16-9-11-17(12-10-16)13-14-19(20,15-21)18(22)23/h9-12,21H,2-8,13-15,20H2,1H3,(H,22,23)/t19-/m0/s1. The second-order valence-electron chi connectivity index (χ2n) is 6.45. The van der Waals surface area contributed by atoms with E-state index in [2.05, 4.69) is 19.1 Å². The first-order valence-corrected chi connectivity index (χ1v) is 8.73. The van der Waals surface area contributed by atoms with Crippen molar-refractivity contribution in [1.29, 1.82) is 0 Å². The molecule has 4 N–H and O–H groups in total. The first-order valence-electron chi connectivity index (χ1n) is 8.73. The van der Waals surface area contributed by atoms with E-state index in [1.807, 2.05) is 12.1 Å². The van der Waals surface area contributed by atoms with Crippen molar-refractivity contribution in [2.45, 2.75) is 70.3 Å². The van der Waals surface area contributed by atoms with Gasteiger partial charge in [-0.1, -0.05) is 63.3 Å². The largest absolute Gasteiger partial charge is 0.480 e. The number of carboxylic acid groups (broad SMARTS) is 1. The molecule has 1 aromatic carbocycles. The van der Waals surface area contributed by atoms with Crippen molar-refractivity contribution in [3.8, 4) is 0 Å². The van der Waals surface area contributed by atoms with Gasteiger partial charge in [0.15, 0.2) is 0 Å². The van der Waals surface area contributed by atoms with Gasteiger partial charge in [0, 0.05) is 0 Å². The van der Waals surface area contributed by atoms with Crippen LogP contribution in [-0.4, -0.2) is 28.3 Å². The summed E-state index contributed by atoms with van der Waals surface area (Å²) in [5, 5.41) is 18.2. The van der Waals surface area contributed by atoms with Crippen LogP contribution in [0.5, 0.6) is 0 Å². The average Bonchev–Trinajstić information content (AvgIpc) is 2.56. The van der Waals surface area contributed by atoms with Crippen molar-refractivity contribution in [2.24, 2.45) is 5.73 Å². The number of aliphatic hydroxyl groups is 1. The zero-order valence-corrected chi connectivity index (χ0v) is 14.3. The monoisotopic (exact) mass is 321 g/mol. The second kappa shape index (κ2) is 10.4. The van der Waals surface area contributed by atoms with Gasteiger partial charge in [-0.2, -0.15) is 0 Å². The molecule has 0 aliphatic heterocycles. The van der Waals surface area contributed by atoms with Crippen LogP contribution in [0.15, 0.2) is 24.3 Å². The molecule has 0 aliphatic rings. The van der Waals surface area contributed by atoms with Gasteiger partial charge in [0.25, 0.3) is 0 Å². The zero-order valence-electron chi connectivity index (χ0n) is 14.3. The lowest BCUT2D eigenvalue weighted by atomic mass is 9.92. The molecule has 0 aromatic heterocycles. The number of rotatable bonds is 12. The van der Waals surface area contributed by atoms with E-state index < -0.39 is 18.1 Å². The number of hydrogen-bond donors (Lipinski definition) is 3. The number of hydrogen-bond acceptors (Lipinski definition) is 3. The quantitative estimate of drug-likeness (QED) is 0.516. The van der Waals surface area contributed by atoms with Gasteiger partial charge in [0.2, 0.25) is 0 Å². The molecule has 4 heteroatoms. The van der Waals surface area contributed by atoms with Gasteiger partial charge in [-0.3, -0.25) is 4.79 Å². The normalized spacial score (nSPS) is 13.7. The van der Waals surface area contributed by atoms with Gasteiger partial charge in [-0.25, -0.2) is 0 Å². The lowest BCUT2D eigenvalue weighted by Crippen LogP contribution is -2.51. The minimum Gasteiger partial charge on any atom is -0.480 e. The maximum absolute atomic E-state index is 11.1. The molecule has 23 heavy (non-hydrogen) atoms. The third-order valence-electron chi connectivity index (χ3n) is 4.41. The van der Waals surface area contributed by atoms with Gasteiger partial charge in [-0.15, -0.1) is 0 Å². The summed E-state index contributed by atoms with van der Waals surface area (Å²) >= 11 is 0. The highest BCUT2D eigenvalue weighted by Gasteiger charge is 2.32. The molecule has 1 atom stereocenters. The summed E-state index contributed by atoms with van der Waals surface area (Å²) in [6, 6.07) is 8.29. The molecule has 0 bridgehead atoms. The summed E-state index contributed by atoms with van der Waals surface area (Å²) in [5.74, 6) is -1.15. The lowest BCUT2D eigenvalue weighted by molar-refractivity contribution is -0.145. The predicted molar refractivity (Wildman–Crippen MR) is 93.5 cm³/mol. The third kappa shape index (κ3) is 7.14. The molecule has 1 aromatic rings. The van der Waals surface area contributed by atoms with E-state index in [9.17, 15) is 4.79 Å². The van der Waals surface area contributed by atoms with Crippen molar-refractivity contribution in [2.75, 3.05) is 6.61 Å². The van der Waals surface area contributed by atoms with Crippen LogP contribution in [0.3, 0.4) is 0 Å². The number of aliphatic hydroxyl groups excluding tert-OH is 1. The van der Waals surface area contributed by atoms with Crippen LogP contribution in [0.2, 0.25) is 0 Å². The van der Waals surface area contributed by atoms with E-state index in [1.54, 1.807) is 0 Å². The number of unbranched alkanes of at least 4 members (excludes halogenated alkanes) is 5. The lowest BCUT2D eigenvalue weighted by Gasteiger charge is -2.21. The average molecular weight is 321 g/mol. The highest BCUT2D eigenvalue weighted by molar-refractivity contribution is 5.78. The number of carbonyl (C=O) groups is 1. The Bertz CT molecular complexity index is 458. The Morgan fingerprint density at radius 2 is 1.52 bits per heavy atom. The van der Waals surface area contributed by atoms with Gasteiger partial charge in [0.05, 0.1) is 6.61 Å². The highest BCUT2D eigenvalue weighted by atomic mass is 16.4. The molecule has 1 rings (SSSR count). The summed E-state index contributed by atoms with van der Waals surface area (Å²) in [5.41, 5.74) is 6.52. The van der Waals surface area contributed by atoms with E-state index in [0.29, 0.717) is 6.42 Å². The predicted octanol–water partition coefficient (Wildman–Crippen LogP) is 3.30. The third-order valence-corrected chi connectivity index (χ3v) is 4.41. The van der Waals surface area contributed by atoms with Gasteiger partial charge in [0.1, 0.15) is 5.54 Å². The van der Waals surface area contributed by atoms with Crippen LogP contribution in [0.1, 0.15) is 63.0 Å². The highest BCUT2D eigenvalue weighted by Crippen LogP contribution is 2.15. The van der Waals surface area contributed by atoms with Crippen LogP contribution >= 0.6 is 0 Å². The summed E-state index contributed by atoms with van der Waals surface area (Å²) in [6.07, 6.45) is 9.66. The molecule has 4 nitrogen and oxygen atoms in total. The van der Waals surface area contributed by atoms with Crippen LogP contribution in [0, 0.1) is 0 Å². The van der Waals surface area contributed by atoms with Crippen molar-refractivity contribution < 1.29 is 15.0 Å². The van der Waals surface area contributed by atoms with E-state index in [-0.39, 0.29) is 6.42 Å². The fourth-order valence-electron chi connectivity index (χ4n) is 2.60. The Labute approximate surface area is 139 Å². The van der Waals surface area contributed by atoms with E-state index in [0.717, 1.165) is 12.0 Å². The number of benzene rings is 1. The second-order valence-corrected chi connectivity index (χ2v) is 6.45. The van der Waals surface area contributed by atoms with Gasteiger partial charge in [-0.05, 0) is 36.8 Å². The molecule has 0 saturated heterocycles. The van der Waals surface area contributed by atoms with Crippen LogP contribution in [0.25, 0.3) is 0 Å².